The summed E-state index contributed by atoms with van der Waals surface area (Å²) in [5, 5.41) is 21.0. The third kappa shape index (κ3) is 4.73. The molecule has 0 atom stereocenters. The number of likely N-dealkylation sites (N-methyl/N-ethyl adjacent to an activating group) is 1. The maximum Gasteiger partial charge on any atom is 0.257 e. The van der Waals surface area contributed by atoms with Crippen molar-refractivity contribution in [2.75, 3.05) is 33.2 Å². The van der Waals surface area contributed by atoms with Gasteiger partial charge in [-0.3, -0.25) is 4.79 Å². The Hall–Kier alpha value is -2.10. The molecule has 0 radical (unpaired) electrons. The Balaban J connectivity index is 1.71. The van der Waals surface area contributed by atoms with Gasteiger partial charge in [0, 0.05) is 36.2 Å². The van der Waals surface area contributed by atoms with Gasteiger partial charge in [0.2, 0.25) is 0 Å². The van der Waals surface area contributed by atoms with Crippen molar-refractivity contribution in [2.45, 2.75) is 29.4 Å². The van der Waals surface area contributed by atoms with E-state index >= 15 is 0 Å². The quantitative estimate of drug-likeness (QED) is 0.643. The first-order valence-corrected chi connectivity index (χ1v) is 12.6. The lowest BCUT2D eigenvalue weighted by molar-refractivity contribution is 0.0661. The summed E-state index contributed by atoms with van der Waals surface area (Å²) in [5.74, 6) is -1.16. The van der Waals surface area contributed by atoms with Crippen molar-refractivity contribution >= 4 is 31.7 Å². The molecule has 2 N–H and O–H groups in total. The number of nitrogens with zero attached hydrogens (tertiary/aromatic N) is 2. The molecule has 0 unspecified atom stereocenters. The molecule has 2 aromatic carbocycles. The van der Waals surface area contributed by atoms with Crippen LogP contribution in [0.25, 0.3) is 0 Å². The van der Waals surface area contributed by atoms with Crippen molar-refractivity contribution in [3.63, 3.8) is 0 Å². The first-order valence-electron chi connectivity index (χ1n) is 10.2. The molecule has 1 aliphatic heterocycles. The molecule has 2 aliphatic rings. The first kappa shape index (κ1) is 22.1. The molecule has 2 fully saturated rings. The Morgan fingerprint density at radius 2 is 1.77 bits per heavy atom. The number of phenols is 2. The molecule has 1 saturated heterocycles. The molecule has 9 heteroatoms. The SMILES string of the molecule is CN1CCN(C(=O)c2cc(C3CC3)cc(CS(=O)(=O)c3cc(Br)ccc3O)c2O)CC1. The summed E-state index contributed by atoms with van der Waals surface area (Å²) < 4.78 is 26.6. The van der Waals surface area contributed by atoms with Crippen LogP contribution in [0.3, 0.4) is 0 Å². The van der Waals surface area contributed by atoms with E-state index in [1.807, 2.05) is 7.05 Å². The molecule has 166 valence electrons. The highest BCUT2D eigenvalue weighted by Crippen LogP contribution is 2.43. The van der Waals surface area contributed by atoms with E-state index in [0.717, 1.165) is 31.5 Å². The maximum absolute atomic E-state index is 13.2. The van der Waals surface area contributed by atoms with Crippen molar-refractivity contribution in [1.82, 2.24) is 9.80 Å². The summed E-state index contributed by atoms with van der Waals surface area (Å²) >= 11 is 3.23. The number of aromatic hydroxyl groups is 2. The first-order chi connectivity index (χ1) is 14.7. The fourth-order valence-corrected chi connectivity index (χ4v) is 5.83. The average Bonchev–Trinajstić information content (AvgIpc) is 3.56. The highest BCUT2D eigenvalue weighted by molar-refractivity contribution is 9.10. The summed E-state index contributed by atoms with van der Waals surface area (Å²) in [7, 11) is -1.96. The minimum atomic E-state index is -3.96. The Morgan fingerprint density at radius 1 is 1.10 bits per heavy atom. The molecular formula is C22H25BrN2O5S. The van der Waals surface area contributed by atoms with E-state index < -0.39 is 15.6 Å². The van der Waals surface area contributed by atoms with Crippen LogP contribution in [-0.2, 0) is 15.6 Å². The van der Waals surface area contributed by atoms with E-state index in [1.54, 1.807) is 23.1 Å². The van der Waals surface area contributed by atoms with Gasteiger partial charge < -0.3 is 20.0 Å². The Kier molecular flexibility index (Phi) is 6.02. The third-order valence-corrected chi connectivity index (χ3v) is 8.06. The van der Waals surface area contributed by atoms with Crippen LogP contribution in [0.5, 0.6) is 11.5 Å². The zero-order valence-electron chi connectivity index (χ0n) is 17.2. The van der Waals surface area contributed by atoms with Crippen LogP contribution >= 0.6 is 15.9 Å². The van der Waals surface area contributed by atoms with Gasteiger partial charge in [-0.05, 0) is 55.6 Å². The number of hydrogen-bond donors (Lipinski definition) is 2. The predicted molar refractivity (Wildman–Crippen MR) is 120 cm³/mol. The zero-order chi connectivity index (χ0) is 22.3. The van der Waals surface area contributed by atoms with Gasteiger partial charge in [-0.25, -0.2) is 8.42 Å². The Morgan fingerprint density at radius 3 is 2.42 bits per heavy atom. The molecule has 0 aromatic heterocycles. The van der Waals surface area contributed by atoms with Gasteiger partial charge in [0.15, 0.2) is 9.84 Å². The highest BCUT2D eigenvalue weighted by Gasteiger charge is 2.31. The molecule has 31 heavy (non-hydrogen) atoms. The van der Waals surface area contributed by atoms with Crippen molar-refractivity contribution in [1.29, 1.82) is 0 Å². The van der Waals surface area contributed by atoms with Crippen LogP contribution in [0.2, 0.25) is 0 Å². The zero-order valence-corrected chi connectivity index (χ0v) is 19.6. The van der Waals surface area contributed by atoms with Crippen LogP contribution in [-0.4, -0.2) is 67.6 Å². The molecule has 0 spiro atoms. The summed E-state index contributed by atoms with van der Waals surface area (Å²) in [6.07, 6.45) is 1.96. The molecule has 0 bridgehead atoms. The lowest BCUT2D eigenvalue weighted by Gasteiger charge is -2.32. The molecule has 1 heterocycles. The molecule has 1 aliphatic carbocycles. The Labute approximate surface area is 190 Å². The number of piperazine rings is 1. The van der Waals surface area contributed by atoms with Crippen molar-refractivity contribution < 1.29 is 23.4 Å². The monoisotopic (exact) mass is 508 g/mol. The average molecular weight is 509 g/mol. The third-order valence-electron chi connectivity index (χ3n) is 5.88. The fraction of sp³-hybridized carbons (Fsp3) is 0.409. The second kappa shape index (κ2) is 8.44. The summed E-state index contributed by atoms with van der Waals surface area (Å²) in [5.41, 5.74) is 1.21. The number of hydrogen-bond acceptors (Lipinski definition) is 6. The molecular weight excluding hydrogens is 484 g/mol. The number of sulfone groups is 1. The fourth-order valence-electron chi connectivity index (χ4n) is 3.84. The van der Waals surface area contributed by atoms with Gasteiger partial charge in [0.25, 0.3) is 5.91 Å². The molecule has 1 saturated carbocycles. The van der Waals surface area contributed by atoms with Gasteiger partial charge in [0.05, 0.1) is 11.3 Å². The lowest BCUT2D eigenvalue weighted by atomic mass is 10.0. The normalized spacial score (nSPS) is 17.7. The van der Waals surface area contributed by atoms with Crippen molar-refractivity contribution in [2.24, 2.45) is 0 Å². The van der Waals surface area contributed by atoms with Gasteiger partial charge >= 0.3 is 0 Å². The minimum absolute atomic E-state index is 0.151. The van der Waals surface area contributed by atoms with E-state index in [1.165, 1.54) is 12.1 Å². The molecule has 1 amide bonds. The van der Waals surface area contributed by atoms with Crippen LogP contribution < -0.4 is 0 Å². The predicted octanol–water partition coefficient (Wildman–Crippen LogP) is 3.10. The van der Waals surface area contributed by atoms with E-state index in [2.05, 4.69) is 20.8 Å². The number of halogens is 1. The van der Waals surface area contributed by atoms with Crippen molar-refractivity contribution in [3.8, 4) is 11.5 Å². The number of rotatable bonds is 5. The van der Waals surface area contributed by atoms with E-state index in [4.69, 9.17) is 0 Å². The van der Waals surface area contributed by atoms with Crippen molar-refractivity contribution in [3.05, 3.63) is 51.5 Å². The number of carbonyl (C=O) groups excluding carboxylic acids is 1. The van der Waals surface area contributed by atoms with Crippen LogP contribution in [0.4, 0.5) is 0 Å². The molecule has 7 nitrogen and oxygen atoms in total. The summed E-state index contributed by atoms with van der Waals surface area (Å²) in [4.78, 5) is 16.8. The number of phenolic OH excluding ortho intramolecular Hbond substituents is 2. The molecule has 4 rings (SSSR count). The van der Waals surface area contributed by atoms with Crippen LogP contribution in [0, 0.1) is 0 Å². The minimum Gasteiger partial charge on any atom is -0.507 e. The van der Waals surface area contributed by atoms with E-state index in [9.17, 15) is 23.4 Å². The smallest absolute Gasteiger partial charge is 0.257 e. The Bertz CT molecular complexity index is 1120. The second-order valence-electron chi connectivity index (χ2n) is 8.32. The van der Waals surface area contributed by atoms with E-state index in [0.29, 0.717) is 17.6 Å². The lowest BCUT2D eigenvalue weighted by Crippen LogP contribution is -2.47. The number of amides is 1. The van der Waals surface area contributed by atoms with Crippen LogP contribution in [0.1, 0.15) is 40.2 Å². The van der Waals surface area contributed by atoms with E-state index in [-0.39, 0.29) is 39.3 Å². The summed E-state index contributed by atoms with van der Waals surface area (Å²) in [6, 6.07) is 7.58. The number of benzene rings is 2. The van der Waals surface area contributed by atoms with Gasteiger partial charge in [-0.2, -0.15) is 0 Å². The van der Waals surface area contributed by atoms with Crippen LogP contribution in [0.15, 0.2) is 39.7 Å². The topological polar surface area (TPSA) is 98.2 Å². The number of carbonyl (C=O) groups is 1. The van der Waals surface area contributed by atoms with Gasteiger partial charge in [0.1, 0.15) is 16.4 Å². The van der Waals surface area contributed by atoms with Gasteiger partial charge in [-0.1, -0.05) is 22.0 Å². The largest absolute Gasteiger partial charge is 0.507 e. The van der Waals surface area contributed by atoms with Gasteiger partial charge in [-0.15, -0.1) is 0 Å². The highest BCUT2D eigenvalue weighted by atomic mass is 79.9. The standard InChI is InChI=1S/C22H25BrN2O5S/c1-24-6-8-25(9-7-24)22(28)18-11-15(14-2-3-14)10-16(21(18)27)13-31(29,30)20-12-17(23)4-5-19(20)26/h4-5,10-12,14,26-27H,2-3,6-9,13H2,1H3. The second-order valence-corrected chi connectivity index (χ2v) is 11.2. The maximum atomic E-state index is 13.2. The summed E-state index contributed by atoms with van der Waals surface area (Å²) in [6.45, 7) is 2.61. The molecule has 2 aromatic rings.